The molecule has 0 radical (unpaired) electrons. The van der Waals surface area contributed by atoms with Gasteiger partial charge in [-0.1, -0.05) is 18.2 Å². The minimum Gasteiger partial charge on any atom is -0.491 e. The van der Waals surface area contributed by atoms with Crippen LogP contribution in [0.25, 0.3) is 0 Å². The number of nitrogens with two attached hydrogens (primary N) is 1. The van der Waals surface area contributed by atoms with Gasteiger partial charge in [0, 0.05) is 12.5 Å². The second-order valence-corrected chi connectivity index (χ2v) is 4.24. The van der Waals surface area contributed by atoms with Gasteiger partial charge >= 0.3 is 0 Å². The van der Waals surface area contributed by atoms with Gasteiger partial charge in [0.1, 0.15) is 5.75 Å². The number of hydrogen-bond donors (Lipinski definition) is 2. The first-order valence-electron chi connectivity index (χ1n) is 5.67. The van der Waals surface area contributed by atoms with Gasteiger partial charge in [-0.25, -0.2) is 0 Å². The van der Waals surface area contributed by atoms with Gasteiger partial charge in [-0.05, 0) is 31.6 Å². The normalized spacial score (nSPS) is 21.1. The van der Waals surface area contributed by atoms with Crippen molar-refractivity contribution >= 4 is 0 Å². The van der Waals surface area contributed by atoms with E-state index in [9.17, 15) is 0 Å². The molecule has 0 amide bonds. The topological polar surface area (TPSA) is 47.3 Å². The number of benzene rings is 1. The Morgan fingerprint density at radius 2 is 2.19 bits per heavy atom. The summed E-state index contributed by atoms with van der Waals surface area (Å²) in [6.45, 7) is 3.02. The van der Waals surface area contributed by atoms with Crippen LogP contribution in [-0.2, 0) is 0 Å². The molecule has 0 saturated heterocycles. The molecule has 1 heterocycles. The van der Waals surface area contributed by atoms with Crippen LogP contribution in [0.2, 0.25) is 0 Å². The lowest BCUT2D eigenvalue weighted by Crippen LogP contribution is -2.20. The molecular formula is C13H18N2O. The molecule has 3 nitrogen and oxygen atoms in total. The summed E-state index contributed by atoms with van der Waals surface area (Å²) in [5.41, 5.74) is 5.66. The Labute approximate surface area is 96.3 Å². The van der Waals surface area contributed by atoms with Gasteiger partial charge in [-0.15, -0.1) is 0 Å². The molecule has 2 rings (SSSR count). The van der Waals surface area contributed by atoms with Crippen molar-refractivity contribution in [3.63, 3.8) is 0 Å². The molecule has 3 heteroatoms. The Balaban J connectivity index is 1.83. The van der Waals surface area contributed by atoms with Gasteiger partial charge in [0.05, 0.1) is 11.9 Å². The summed E-state index contributed by atoms with van der Waals surface area (Å²) in [5.74, 6) is 2.20. The molecule has 1 aliphatic rings. The van der Waals surface area contributed by atoms with Crippen LogP contribution in [0.5, 0.6) is 5.75 Å². The number of nitrogens with one attached hydrogen (secondary N) is 1. The second kappa shape index (κ2) is 4.92. The Morgan fingerprint density at radius 1 is 1.44 bits per heavy atom. The fourth-order valence-electron chi connectivity index (χ4n) is 1.98. The number of para-hydroxylation sites is 1. The lowest BCUT2D eigenvalue weighted by atomic mass is 10.0. The number of ether oxygens (including phenoxy) is 1. The van der Waals surface area contributed by atoms with Crippen molar-refractivity contribution in [3.8, 4) is 5.75 Å². The van der Waals surface area contributed by atoms with E-state index in [1.807, 2.05) is 30.3 Å². The van der Waals surface area contributed by atoms with Crippen LogP contribution in [0.1, 0.15) is 13.3 Å². The highest BCUT2D eigenvalue weighted by Gasteiger charge is 2.17. The van der Waals surface area contributed by atoms with Crippen LogP contribution in [-0.4, -0.2) is 12.6 Å². The van der Waals surface area contributed by atoms with Crippen LogP contribution in [0, 0.1) is 5.92 Å². The summed E-state index contributed by atoms with van der Waals surface area (Å²) in [5, 5.41) is 3.12. The SMILES string of the molecule is C[C@@H](C[C@H]1C=C(N)NC1)Oc1ccccc1. The molecular weight excluding hydrogens is 200 g/mol. The predicted octanol–water partition coefficient (Wildman–Crippen LogP) is 1.86. The van der Waals surface area contributed by atoms with Crippen molar-refractivity contribution in [2.45, 2.75) is 19.4 Å². The molecule has 3 N–H and O–H groups in total. The van der Waals surface area contributed by atoms with E-state index in [2.05, 4.69) is 18.3 Å². The molecule has 1 aliphatic heterocycles. The Hall–Kier alpha value is -1.64. The largest absolute Gasteiger partial charge is 0.491 e. The van der Waals surface area contributed by atoms with E-state index in [4.69, 9.17) is 10.5 Å². The van der Waals surface area contributed by atoms with Crippen molar-refractivity contribution in [1.82, 2.24) is 5.32 Å². The van der Waals surface area contributed by atoms with Crippen LogP contribution in [0.4, 0.5) is 0 Å². The maximum atomic E-state index is 5.81. The highest BCUT2D eigenvalue weighted by molar-refractivity contribution is 5.21. The van der Waals surface area contributed by atoms with E-state index >= 15 is 0 Å². The molecule has 0 bridgehead atoms. The van der Waals surface area contributed by atoms with Crippen LogP contribution in [0.15, 0.2) is 42.2 Å². The standard InChI is InChI=1S/C13H18N2O/c1-10(7-11-8-13(14)15-9-11)16-12-5-3-2-4-6-12/h2-6,8,10-11,15H,7,9,14H2,1H3/t10-,11-/m0/s1. The smallest absolute Gasteiger partial charge is 0.119 e. The maximum absolute atomic E-state index is 5.81. The van der Waals surface area contributed by atoms with Gasteiger partial charge < -0.3 is 15.8 Å². The van der Waals surface area contributed by atoms with Crippen LogP contribution >= 0.6 is 0 Å². The molecule has 86 valence electrons. The first kappa shape index (κ1) is 10.9. The Kier molecular flexibility index (Phi) is 3.34. The molecule has 0 saturated carbocycles. The van der Waals surface area contributed by atoms with E-state index in [1.54, 1.807) is 0 Å². The van der Waals surface area contributed by atoms with Gasteiger partial charge in [0.2, 0.25) is 0 Å². The van der Waals surface area contributed by atoms with Crippen LogP contribution in [0.3, 0.4) is 0 Å². The molecule has 1 aromatic rings. The molecule has 2 atom stereocenters. The van der Waals surface area contributed by atoms with Crippen molar-refractivity contribution < 1.29 is 4.74 Å². The second-order valence-electron chi connectivity index (χ2n) is 4.24. The van der Waals surface area contributed by atoms with Crippen molar-refractivity contribution in [1.29, 1.82) is 0 Å². The third-order valence-electron chi connectivity index (χ3n) is 2.70. The minimum atomic E-state index is 0.205. The van der Waals surface area contributed by atoms with E-state index in [0.29, 0.717) is 5.92 Å². The average molecular weight is 218 g/mol. The van der Waals surface area contributed by atoms with E-state index < -0.39 is 0 Å². The first-order valence-corrected chi connectivity index (χ1v) is 5.67. The summed E-state index contributed by atoms with van der Waals surface area (Å²) < 4.78 is 5.81. The third-order valence-corrected chi connectivity index (χ3v) is 2.70. The molecule has 0 fully saturated rings. The zero-order valence-corrected chi connectivity index (χ0v) is 9.52. The highest BCUT2D eigenvalue weighted by atomic mass is 16.5. The summed E-state index contributed by atoms with van der Waals surface area (Å²) in [6.07, 6.45) is 3.27. The molecule has 0 spiro atoms. The van der Waals surface area contributed by atoms with Crippen LogP contribution < -0.4 is 15.8 Å². The summed E-state index contributed by atoms with van der Waals surface area (Å²) in [7, 11) is 0. The Morgan fingerprint density at radius 3 is 2.81 bits per heavy atom. The zero-order valence-electron chi connectivity index (χ0n) is 9.52. The van der Waals surface area contributed by atoms with Crippen molar-refractivity contribution in [3.05, 3.63) is 42.2 Å². The lowest BCUT2D eigenvalue weighted by Gasteiger charge is -2.17. The van der Waals surface area contributed by atoms with Crippen molar-refractivity contribution in [2.75, 3.05) is 6.54 Å². The van der Waals surface area contributed by atoms with Gasteiger partial charge in [-0.3, -0.25) is 0 Å². The van der Waals surface area contributed by atoms with E-state index in [0.717, 1.165) is 24.5 Å². The molecule has 0 unspecified atom stereocenters. The van der Waals surface area contributed by atoms with E-state index in [-0.39, 0.29) is 6.10 Å². The fourth-order valence-corrected chi connectivity index (χ4v) is 1.98. The highest BCUT2D eigenvalue weighted by Crippen LogP contribution is 2.18. The van der Waals surface area contributed by atoms with Gasteiger partial charge in [0.25, 0.3) is 0 Å². The maximum Gasteiger partial charge on any atom is 0.119 e. The van der Waals surface area contributed by atoms with Gasteiger partial charge in [0.15, 0.2) is 0 Å². The predicted molar refractivity (Wildman–Crippen MR) is 64.9 cm³/mol. The number of hydrogen-bond acceptors (Lipinski definition) is 3. The minimum absolute atomic E-state index is 0.205. The molecule has 1 aromatic carbocycles. The first-order chi connectivity index (χ1) is 7.74. The zero-order chi connectivity index (χ0) is 11.4. The van der Waals surface area contributed by atoms with E-state index in [1.165, 1.54) is 0 Å². The monoisotopic (exact) mass is 218 g/mol. The number of rotatable bonds is 4. The lowest BCUT2D eigenvalue weighted by molar-refractivity contribution is 0.197. The quantitative estimate of drug-likeness (QED) is 0.811. The average Bonchev–Trinajstić information content (AvgIpc) is 2.65. The molecule has 0 aliphatic carbocycles. The van der Waals surface area contributed by atoms with Gasteiger partial charge in [-0.2, -0.15) is 0 Å². The summed E-state index contributed by atoms with van der Waals surface area (Å²) in [6, 6.07) is 9.91. The molecule has 0 aromatic heterocycles. The molecule has 16 heavy (non-hydrogen) atoms. The third kappa shape index (κ3) is 2.92. The summed E-state index contributed by atoms with van der Waals surface area (Å²) >= 11 is 0. The fraction of sp³-hybridized carbons (Fsp3) is 0.385. The summed E-state index contributed by atoms with van der Waals surface area (Å²) in [4.78, 5) is 0. The Bertz CT molecular complexity index is 361. The van der Waals surface area contributed by atoms with Crippen molar-refractivity contribution in [2.24, 2.45) is 11.7 Å².